The predicted molar refractivity (Wildman–Crippen MR) is 39.0 cm³/mol. The number of carbonyl (C=O) groups is 2. The van der Waals surface area contributed by atoms with E-state index in [4.69, 9.17) is 0 Å². The third-order valence-corrected chi connectivity index (χ3v) is 1.59. The second-order valence-electron chi connectivity index (χ2n) is 2.05. The molecule has 0 spiro atoms. The Morgan fingerprint density at radius 2 is 2.40 bits per heavy atom. The number of thiol groups is 1. The lowest BCUT2D eigenvalue weighted by atomic mass is 10.4. The van der Waals surface area contributed by atoms with E-state index >= 15 is 0 Å². The number of hydrogen-bond donors (Lipinski definition) is 2. The van der Waals surface area contributed by atoms with Gasteiger partial charge in [-0.1, -0.05) is 12.6 Å². The van der Waals surface area contributed by atoms with Gasteiger partial charge in [0.25, 0.3) is 5.24 Å². The van der Waals surface area contributed by atoms with Crippen LogP contribution >= 0.6 is 12.6 Å². The summed E-state index contributed by atoms with van der Waals surface area (Å²) in [6.45, 7) is 1.24. The van der Waals surface area contributed by atoms with Crippen molar-refractivity contribution in [1.82, 2.24) is 10.2 Å². The highest BCUT2D eigenvalue weighted by Gasteiger charge is 2.17. The average Bonchev–Trinajstić information content (AvgIpc) is 1.88. The molecule has 1 aliphatic rings. The normalized spacial score (nSPS) is 18.5. The van der Waals surface area contributed by atoms with E-state index in [0.717, 1.165) is 0 Å². The number of rotatable bonds is 0. The molecular weight excluding hydrogens is 152 g/mol. The number of nitrogens with one attached hydrogen (secondary N) is 1. The molecule has 4 nitrogen and oxygen atoms in total. The van der Waals surface area contributed by atoms with Gasteiger partial charge in [0.2, 0.25) is 5.91 Å². The van der Waals surface area contributed by atoms with Crippen LogP contribution in [0.5, 0.6) is 0 Å². The molecule has 0 aliphatic carbocycles. The summed E-state index contributed by atoms with van der Waals surface area (Å²) in [6, 6.07) is 0. The second kappa shape index (κ2) is 2.92. The summed E-state index contributed by atoms with van der Waals surface area (Å²) < 4.78 is 0. The molecule has 56 valence electrons. The van der Waals surface area contributed by atoms with Crippen molar-refractivity contribution in [3.63, 3.8) is 0 Å². The van der Waals surface area contributed by atoms with E-state index in [1.165, 1.54) is 4.90 Å². The van der Waals surface area contributed by atoms with Gasteiger partial charge in [-0.2, -0.15) is 0 Å². The van der Waals surface area contributed by atoms with Gasteiger partial charge in [-0.15, -0.1) is 0 Å². The summed E-state index contributed by atoms with van der Waals surface area (Å²) in [7, 11) is 0. The fraction of sp³-hybridized carbons (Fsp3) is 0.600. The Morgan fingerprint density at radius 3 is 2.80 bits per heavy atom. The van der Waals surface area contributed by atoms with Crippen LogP contribution in [-0.2, 0) is 4.79 Å². The van der Waals surface area contributed by atoms with Gasteiger partial charge in [0.15, 0.2) is 0 Å². The maximum Gasteiger partial charge on any atom is 0.279 e. The summed E-state index contributed by atoms with van der Waals surface area (Å²) in [5.41, 5.74) is 0. The molecule has 10 heavy (non-hydrogen) atoms. The molecule has 0 bridgehead atoms. The molecule has 0 saturated carbocycles. The summed E-state index contributed by atoms with van der Waals surface area (Å²) in [6.07, 6.45) is 0. The Kier molecular flexibility index (Phi) is 2.16. The summed E-state index contributed by atoms with van der Waals surface area (Å²) in [5, 5.41) is 2.26. The van der Waals surface area contributed by atoms with Gasteiger partial charge in [-0.3, -0.25) is 9.59 Å². The molecule has 2 amide bonds. The maximum atomic E-state index is 10.6. The molecule has 1 N–H and O–H groups in total. The summed E-state index contributed by atoms with van der Waals surface area (Å²) >= 11 is 3.59. The van der Waals surface area contributed by atoms with E-state index in [2.05, 4.69) is 17.9 Å². The van der Waals surface area contributed by atoms with Crippen molar-refractivity contribution in [2.75, 3.05) is 19.6 Å². The van der Waals surface area contributed by atoms with E-state index in [1.54, 1.807) is 0 Å². The molecule has 0 unspecified atom stereocenters. The standard InChI is InChI=1S/C5H8N2O2S/c8-4-3-7(5(9)10)2-1-6-4/h1-3H2,(H,6,8)(H,9,10). The van der Waals surface area contributed by atoms with Crippen LogP contribution in [0.1, 0.15) is 0 Å². The molecule has 5 heteroatoms. The lowest BCUT2D eigenvalue weighted by Crippen LogP contribution is -2.48. The fourth-order valence-electron chi connectivity index (χ4n) is 0.802. The minimum atomic E-state index is -0.338. The molecule has 1 saturated heterocycles. The van der Waals surface area contributed by atoms with Crippen LogP contribution < -0.4 is 5.32 Å². The van der Waals surface area contributed by atoms with Gasteiger partial charge >= 0.3 is 0 Å². The van der Waals surface area contributed by atoms with Crippen LogP contribution in [0.2, 0.25) is 0 Å². The highest BCUT2D eigenvalue weighted by molar-refractivity contribution is 7.96. The summed E-state index contributed by atoms with van der Waals surface area (Å²) in [4.78, 5) is 22.6. The van der Waals surface area contributed by atoms with Crippen molar-refractivity contribution in [2.45, 2.75) is 0 Å². The maximum absolute atomic E-state index is 10.6. The Labute approximate surface area is 64.0 Å². The van der Waals surface area contributed by atoms with Crippen LogP contribution in [0.25, 0.3) is 0 Å². The first-order chi connectivity index (χ1) is 4.70. The van der Waals surface area contributed by atoms with Crippen LogP contribution in [0.15, 0.2) is 0 Å². The highest BCUT2D eigenvalue weighted by Crippen LogP contribution is 1.97. The van der Waals surface area contributed by atoms with Crippen molar-refractivity contribution in [1.29, 1.82) is 0 Å². The van der Waals surface area contributed by atoms with Crippen molar-refractivity contribution < 1.29 is 9.59 Å². The van der Waals surface area contributed by atoms with Gasteiger partial charge in [0.05, 0.1) is 0 Å². The zero-order valence-corrected chi connectivity index (χ0v) is 6.23. The Hall–Kier alpha value is -0.710. The van der Waals surface area contributed by atoms with Crippen LogP contribution in [0, 0.1) is 0 Å². The molecular formula is C5H8N2O2S. The van der Waals surface area contributed by atoms with Crippen molar-refractivity contribution in [3.05, 3.63) is 0 Å². The molecule has 0 aromatic carbocycles. The van der Waals surface area contributed by atoms with Crippen LogP contribution in [-0.4, -0.2) is 35.7 Å². The van der Waals surface area contributed by atoms with E-state index in [0.29, 0.717) is 13.1 Å². The largest absolute Gasteiger partial charge is 0.353 e. The predicted octanol–water partition coefficient (Wildman–Crippen LogP) is -0.532. The van der Waals surface area contributed by atoms with Crippen LogP contribution in [0.3, 0.4) is 0 Å². The first-order valence-electron chi connectivity index (χ1n) is 2.95. The van der Waals surface area contributed by atoms with Crippen molar-refractivity contribution >= 4 is 23.8 Å². The molecule has 1 aliphatic heterocycles. The molecule has 0 radical (unpaired) electrons. The van der Waals surface area contributed by atoms with Crippen molar-refractivity contribution in [2.24, 2.45) is 0 Å². The third kappa shape index (κ3) is 1.63. The fourth-order valence-corrected chi connectivity index (χ4v) is 0.973. The van der Waals surface area contributed by atoms with E-state index in [1.807, 2.05) is 0 Å². The molecule has 1 rings (SSSR count). The highest BCUT2D eigenvalue weighted by atomic mass is 32.1. The van der Waals surface area contributed by atoms with Gasteiger partial charge in [-0.05, 0) is 0 Å². The second-order valence-corrected chi connectivity index (χ2v) is 2.44. The van der Waals surface area contributed by atoms with Gasteiger partial charge in [0.1, 0.15) is 6.54 Å². The number of nitrogens with zero attached hydrogens (tertiary/aromatic N) is 1. The minimum Gasteiger partial charge on any atom is -0.353 e. The SMILES string of the molecule is O=C1CN(C(=O)S)CCN1. The molecule has 0 aromatic rings. The number of hydrogen-bond acceptors (Lipinski definition) is 2. The Balaban J connectivity index is 2.47. The first-order valence-corrected chi connectivity index (χ1v) is 3.39. The molecule has 0 atom stereocenters. The molecule has 0 aromatic heterocycles. The van der Waals surface area contributed by atoms with Gasteiger partial charge < -0.3 is 10.2 Å². The lowest BCUT2D eigenvalue weighted by molar-refractivity contribution is -0.123. The Bertz CT molecular complexity index is 169. The number of piperazine rings is 1. The summed E-state index contributed by atoms with van der Waals surface area (Å²) in [5.74, 6) is -0.117. The van der Waals surface area contributed by atoms with Crippen LogP contribution in [0.4, 0.5) is 4.79 Å². The monoisotopic (exact) mass is 160 g/mol. The van der Waals surface area contributed by atoms with E-state index in [9.17, 15) is 9.59 Å². The zero-order chi connectivity index (χ0) is 7.56. The quantitative estimate of drug-likeness (QED) is 0.468. The zero-order valence-electron chi connectivity index (χ0n) is 5.33. The lowest BCUT2D eigenvalue weighted by Gasteiger charge is -2.24. The van der Waals surface area contributed by atoms with E-state index < -0.39 is 0 Å². The topological polar surface area (TPSA) is 49.4 Å². The smallest absolute Gasteiger partial charge is 0.279 e. The number of amides is 2. The van der Waals surface area contributed by atoms with Gasteiger partial charge in [0, 0.05) is 13.1 Å². The van der Waals surface area contributed by atoms with E-state index in [-0.39, 0.29) is 17.7 Å². The Morgan fingerprint density at radius 1 is 1.70 bits per heavy atom. The molecule has 1 fully saturated rings. The average molecular weight is 160 g/mol. The third-order valence-electron chi connectivity index (χ3n) is 1.31. The first kappa shape index (κ1) is 7.40. The minimum absolute atomic E-state index is 0.117. The van der Waals surface area contributed by atoms with Gasteiger partial charge in [-0.25, -0.2) is 0 Å². The number of carbonyl (C=O) groups excluding carboxylic acids is 2. The molecule has 1 heterocycles. The van der Waals surface area contributed by atoms with Crippen molar-refractivity contribution in [3.8, 4) is 0 Å².